The number of piperazine rings is 1. The van der Waals surface area contributed by atoms with Gasteiger partial charge in [0, 0.05) is 51.9 Å². The quantitative estimate of drug-likeness (QED) is 0.520. The summed E-state index contributed by atoms with van der Waals surface area (Å²) >= 11 is 0. The predicted octanol–water partition coefficient (Wildman–Crippen LogP) is 4.71. The first kappa shape index (κ1) is 26.3. The number of allylic oxidation sites excluding steroid dienone is 1. The normalized spacial score (nSPS) is 25.7. The van der Waals surface area contributed by atoms with Gasteiger partial charge in [0.15, 0.2) is 0 Å². The molecule has 2 saturated carbocycles. The van der Waals surface area contributed by atoms with Crippen LogP contribution in [0.3, 0.4) is 0 Å². The van der Waals surface area contributed by atoms with Gasteiger partial charge in [0.25, 0.3) is 0 Å². The van der Waals surface area contributed by atoms with Crippen LogP contribution in [-0.4, -0.2) is 78.5 Å². The van der Waals surface area contributed by atoms with Gasteiger partial charge in [-0.1, -0.05) is 75.1 Å². The Morgan fingerprint density at radius 1 is 1.03 bits per heavy atom. The lowest BCUT2D eigenvalue weighted by Gasteiger charge is -2.57. The molecular formula is C31H46N4O2. The highest BCUT2D eigenvalue weighted by Crippen LogP contribution is 2.59. The number of rotatable bonds is 8. The molecule has 6 nitrogen and oxygen atoms in total. The van der Waals surface area contributed by atoms with Gasteiger partial charge in [-0.2, -0.15) is 0 Å². The number of fused-ring (bicyclic) bond motifs is 1. The van der Waals surface area contributed by atoms with Crippen molar-refractivity contribution in [1.29, 1.82) is 0 Å². The summed E-state index contributed by atoms with van der Waals surface area (Å²) in [4.78, 5) is 32.7. The molecule has 0 aromatic heterocycles. The van der Waals surface area contributed by atoms with Gasteiger partial charge in [-0.05, 0) is 48.5 Å². The Balaban J connectivity index is 1.14. The highest BCUT2D eigenvalue weighted by atomic mass is 16.2. The standard InChI is InChI=1S/C31H46N4O2/c1-31(2)26-14-13-25(28(31)22-26)23-35(29(36)21-24-9-5-3-6-10-24)20-17-33-15-18-34(19-16-33)30(37)32-27-11-7-4-8-12-27/h3,5-6,9-10,13,26-28H,4,7-8,11-12,14-23H2,1-2H3,(H,32,37). The summed E-state index contributed by atoms with van der Waals surface area (Å²) in [5.74, 6) is 1.64. The third kappa shape index (κ3) is 6.22. The summed E-state index contributed by atoms with van der Waals surface area (Å²) in [6.07, 6.45) is 11.3. The fourth-order valence-corrected chi connectivity index (χ4v) is 7.00. The van der Waals surface area contributed by atoms with Gasteiger partial charge in [0.05, 0.1) is 6.42 Å². The molecule has 2 atom stereocenters. The van der Waals surface area contributed by atoms with Gasteiger partial charge < -0.3 is 15.1 Å². The molecule has 6 heteroatoms. The smallest absolute Gasteiger partial charge is 0.317 e. The molecule has 2 unspecified atom stereocenters. The molecule has 3 amide bonds. The minimum absolute atomic E-state index is 0.108. The topological polar surface area (TPSA) is 55.9 Å². The molecule has 1 aliphatic heterocycles. The summed E-state index contributed by atoms with van der Waals surface area (Å²) in [6, 6.07) is 10.6. The van der Waals surface area contributed by atoms with Crippen molar-refractivity contribution in [3.8, 4) is 0 Å². The number of nitrogens with zero attached hydrogens (tertiary/aromatic N) is 3. The van der Waals surface area contributed by atoms with E-state index in [9.17, 15) is 9.59 Å². The zero-order valence-electron chi connectivity index (χ0n) is 23.0. The second kappa shape index (κ2) is 11.6. The van der Waals surface area contributed by atoms with Crippen molar-refractivity contribution >= 4 is 11.9 Å². The van der Waals surface area contributed by atoms with E-state index < -0.39 is 0 Å². The SMILES string of the molecule is CC1(C)C2CC=C(CN(CCN3CCN(C(=O)NC4CCCCC4)CC3)C(=O)Cc3ccccc3)C1C2. The molecule has 37 heavy (non-hydrogen) atoms. The average Bonchev–Trinajstić information content (AvgIpc) is 2.92. The van der Waals surface area contributed by atoms with Gasteiger partial charge in [0.2, 0.25) is 5.91 Å². The Morgan fingerprint density at radius 3 is 2.43 bits per heavy atom. The summed E-state index contributed by atoms with van der Waals surface area (Å²) < 4.78 is 0. The van der Waals surface area contributed by atoms with Crippen LogP contribution in [0.1, 0.15) is 64.4 Å². The first-order valence-corrected chi connectivity index (χ1v) is 14.7. The Hall–Kier alpha value is -2.34. The van der Waals surface area contributed by atoms with E-state index in [4.69, 9.17) is 0 Å². The lowest BCUT2D eigenvalue weighted by Crippen LogP contribution is -2.55. The molecule has 1 heterocycles. The summed E-state index contributed by atoms with van der Waals surface area (Å²) in [5, 5.41) is 3.26. The van der Waals surface area contributed by atoms with Gasteiger partial charge in [-0.25, -0.2) is 4.79 Å². The van der Waals surface area contributed by atoms with Crippen LogP contribution >= 0.6 is 0 Å². The molecule has 2 bridgehead atoms. The Kier molecular flexibility index (Phi) is 8.23. The van der Waals surface area contributed by atoms with E-state index in [-0.39, 0.29) is 11.9 Å². The number of hydrogen-bond acceptors (Lipinski definition) is 3. The van der Waals surface area contributed by atoms with Crippen LogP contribution in [0.25, 0.3) is 0 Å². The number of amides is 3. The van der Waals surface area contributed by atoms with E-state index in [1.807, 2.05) is 35.2 Å². The van der Waals surface area contributed by atoms with Crippen molar-refractivity contribution in [2.75, 3.05) is 45.8 Å². The van der Waals surface area contributed by atoms with Gasteiger partial charge in [-0.3, -0.25) is 9.69 Å². The number of hydrogen-bond donors (Lipinski definition) is 1. The van der Waals surface area contributed by atoms with Crippen molar-refractivity contribution in [3.63, 3.8) is 0 Å². The fourth-order valence-electron chi connectivity index (χ4n) is 7.00. The van der Waals surface area contributed by atoms with Gasteiger partial charge >= 0.3 is 6.03 Å². The first-order valence-electron chi connectivity index (χ1n) is 14.7. The molecule has 1 N–H and O–H groups in total. The highest BCUT2D eigenvalue weighted by Gasteiger charge is 2.51. The van der Waals surface area contributed by atoms with E-state index in [1.165, 1.54) is 31.3 Å². The molecule has 0 radical (unpaired) electrons. The summed E-state index contributed by atoms with van der Waals surface area (Å²) in [6.45, 7) is 10.4. The minimum Gasteiger partial charge on any atom is -0.337 e. The van der Waals surface area contributed by atoms with Crippen LogP contribution in [0.2, 0.25) is 0 Å². The van der Waals surface area contributed by atoms with Crippen molar-refractivity contribution in [2.24, 2.45) is 17.3 Å². The maximum absolute atomic E-state index is 13.5. The Bertz CT molecular complexity index is 961. The van der Waals surface area contributed by atoms with Crippen LogP contribution in [0.5, 0.6) is 0 Å². The third-order valence-corrected chi connectivity index (χ3v) is 9.79. The number of urea groups is 1. The van der Waals surface area contributed by atoms with Crippen LogP contribution < -0.4 is 5.32 Å². The molecule has 1 saturated heterocycles. The van der Waals surface area contributed by atoms with Crippen LogP contribution in [0, 0.1) is 17.3 Å². The third-order valence-electron chi connectivity index (χ3n) is 9.79. The Morgan fingerprint density at radius 2 is 1.76 bits per heavy atom. The molecule has 1 aromatic rings. The van der Waals surface area contributed by atoms with E-state index >= 15 is 0 Å². The number of benzene rings is 1. The maximum Gasteiger partial charge on any atom is 0.317 e. The van der Waals surface area contributed by atoms with Crippen LogP contribution in [0.4, 0.5) is 4.79 Å². The average molecular weight is 507 g/mol. The van der Waals surface area contributed by atoms with Crippen molar-refractivity contribution in [2.45, 2.75) is 71.3 Å². The molecular weight excluding hydrogens is 460 g/mol. The maximum atomic E-state index is 13.5. The van der Waals surface area contributed by atoms with Gasteiger partial charge in [0.1, 0.15) is 0 Å². The molecule has 3 fully saturated rings. The Labute approximate surface area is 223 Å². The van der Waals surface area contributed by atoms with E-state index in [0.717, 1.165) is 76.6 Å². The zero-order valence-corrected chi connectivity index (χ0v) is 23.0. The summed E-state index contributed by atoms with van der Waals surface area (Å²) in [7, 11) is 0. The lowest BCUT2D eigenvalue weighted by atomic mass is 9.49. The number of carbonyl (C=O) groups excluding carboxylic acids is 2. The second-order valence-corrected chi connectivity index (χ2v) is 12.4. The van der Waals surface area contributed by atoms with Crippen LogP contribution in [-0.2, 0) is 11.2 Å². The van der Waals surface area contributed by atoms with E-state index in [2.05, 4.69) is 35.0 Å². The molecule has 1 aromatic carbocycles. The predicted molar refractivity (Wildman–Crippen MR) is 148 cm³/mol. The molecule has 4 aliphatic carbocycles. The molecule has 202 valence electrons. The molecule has 6 rings (SSSR count). The fraction of sp³-hybridized carbons (Fsp3) is 0.677. The second-order valence-electron chi connectivity index (χ2n) is 12.4. The minimum atomic E-state index is 0.108. The number of nitrogens with one attached hydrogen (secondary N) is 1. The first-order chi connectivity index (χ1) is 17.9. The van der Waals surface area contributed by atoms with Crippen molar-refractivity contribution in [1.82, 2.24) is 20.0 Å². The van der Waals surface area contributed by atoms with Crippen molar-refractivity contribution in [3.05, 3.63) is 47.5 Å². The zero-order chi connectivity index (χ0) is 25.8. The highest BCUT2D eigenvalue weighted by molar-refractivity contribution is 5.79. The van der Waals surface area contributed by atoms with E-state index in [1.54, 1.807) is 0 Å². The number of carbonyl (C=O) groups is 2. The molecule has 5 aliphatic rings. The van der Waals surface area contributed by atoms with Crippen molar-refractivity contribution < 1.29 is 9.59 Å². The van der Waals surface area contributed by atoms with Gasteiger partial charge in [-0.15, -0.1) is 0 Å². The monoisotopic (exact) mass is 506 g/mol. The lowest BCUT2D eigenvalue weighted by molar-refractivity contribution is -0.130. The largest absolute Gasteiger partial charge is 0.337 e. The van der Waals surface area contributed by atoms with E-state index in [0.29, 0.717) is 23.8 Å². The molecule has 0 spiro atoms. The van der Waals surface area contributed by atoms with Crippen LogP contribution in [0.15, 0.2) is 42.0 Å². The summed E-state index contributed by atoms with van der Waals surface area (Å²) in [5.41, 5.74) is 2.92.